The standard InChI is InChI=1S/C15H32N4/c1-4-5-11-18(3)15(16-2)17-10-6-7-12-19-13-8-9-14-19/h4-14H2,1-3H3,(H,16,17). The second kappa shape index (κ2) is 10.1. The van der Waals surface area contributed by atoms with Crippen molar-refractivity contribution in [2.75, 3.05) is 46.8 Å². The van der Waals surface area contributed by atoms with Gasteiger partial charge in [-0.25, -0.2) is 0 Å². The maximum absolute atomic E-state index is 4.34. The average Bonchev–Trinajstić information content (AvgIpc) is 2.93. The van der Waals surface area contributed by atoms with Gasteiger partial charge in [0.1, 0.15) is 0 Å². The van der Waals surface area contributed by atoms with Gasteiger partial charge in [-0.05, 0) is 51.7 Å². The summed E-state index contributed by atoms with van der Waals surface area (Å²) < 4.78 is 0. The molecule has 19 heavy (non-hydrogen) atoms. The fraction of sp³-hybridized carbons (Fsp3) is 0.933. The summed E-state index contributed by atoms with van der Waals surface area (Å²) in [7, 11) is 3.99. The summed E-state index contributed by atoms with van der Waals surface area (Å²) in [6, 6.07) is 0. The molecule has 0 atom stereocenters. The number of hydrogen-bond donors (Lipinski definition) is 1. The topological polar surface area (TPSA) is 30.9 Å². The van der Waals surface area contributed by atoms with Gasteiger partial charge in [-0.15, -0.1) is 0 Å². The van der Waals surface area contributed by atoms with Gasteiger partial charge in [0.05, 0.1) is 0 Å². The van der Waals surface area contributed by atoms with Gasteiger partial charge in [-0.3, -0.25) is 4.99 Å². The predicted molar refractivity (Wildman–Crippen MR) is 83.8 cm³/mol. The van der Waals surface area contributed by atoms with E-state index in [9.17, 15) is 0 Å². The van der Waals surface area contributed by atoms with Crippen LogP contribution in [0.3, 0.4) is 0 Å². The highest BCUT2D eigenvalue weighted by molar-refractivity contribution is 5.79. The fourth-order valence-corrected chi connectivity index (χ4v) is 2.55. The highest BCUT2D eigenvalue weighted by Crippen LogP contribution is 2.07. The number of guanidine groups is 1. The molecule has 1 N–H and O–H groups in total. The van der Waals surface area contributed by atoms with E-state index < -0.39 is 0 Å². The van der Waals surface area contributed by atoms with Crippen LogP contribution in [-0.2, 0) is 0 Å². The molecule has 0 aromatic carbocycles. The van der Waals surface area contributed by atoms with E-state index in [2.05, 4.69) is 34.1 Å². The molecule has 112 valence electrons. The van der Waals surface area contributed by atoms with Crippen LogP contribution >= 0.6 is 0 Å². The number of hydrogen-bond acceptors (Lipinski definition) is 2. The molecule has 1 heterocycles. The first kappa shape index (κ1) is 16.3. The van der Waals surface area contributed by atoms with Crippen molar-refractivity contribution in [1.29, 1.82) is 0 Å². The normalized spacial score (nSPS) is 16.9. The molecule has 0 spiro atoms. The monoisotopic (exact) mass is 268 g/mol. The molecule has 0 aliphatic carbocycles. The first-order valence-corrected chi connectivity index (χ1v) is 7.92. The van der Waals surface area contributed by atoms with E-state index in [0.717, 1.165) is 19.0 Å². The molecule has 4 nitrogen and oxygen atoms in total. The lowest BCUT2D eigenvalue weighted by Gasteiger charge is -2.22. The Morgan fingerprint density at radius 2 is 1.95 bits per heavy atom. The van der Waals surface area contributed by atoms with Gasteiger partial charge in [0.2, 0.25) is 0 Å². The Labute approximate surface area is 119 Å². The van der Waals surface area contributed by atoms with Crippen molar-refractivity contribution < 1.29 is 0 Å². The molecular weight excluding hydrogens is 236 g/mol. The summed E-state index contributed by atoms with van der Waals surface area (Å²) in [6.45, 7) is 8.25. The summed E-state index contributed by atoms with van der Waals surface area (Å²) >= 11 is 0. The number of nitrogens with zero attached hydrogens (tertiary/aromatic N) is 3. The van der Waals surface area contributed by atoms with Crippen LogP contribution in [-0.4, -0.2) is 62.6 Å². The first-order valence-electron chi connectivity index (χ1n) is 7.92. The smallest absolute Gasteiger partial charge is 0.193 e. The third-order valence-electron chi connectivity index (χ3n) is 3.80. The Morgan fingerprint density at radius 3 is 2.58 bits per heavy atom. The van der Waals surface area contributed by atoms with E-state index in [1.165, 1.54) is 58.2 Å². The number of unbranched alkanes of at least 4 members (excludes halogenated alkanes) is 2. The van der Waals surface area contributed by atoms with Crippen LogP contribution in [0.4, 0.5) is 0 Å². The molecule has 0 bridgehead atoms. The molecule has 0 aromatic heterocycles. The Balaban J connectivity index is 2.05. The summed E-state index contributed by atoms with van der Waals surface area (Å²) in [5.74, 6) is 1.04. The minimum Gasteiger partial charge on any atom is -0.356 e. The Hall–Kier alpha value is -0.770. The van der Waals surface area contributed by atoms with Gasteiger partial charge in [0.25, 0.3) is 0 Å². The number of likely N-dealkylation sites (tertiary alicyclic amines) is 1. The molecular formula is C15H32N4. The highest BCUT2D eigenvalue weighted by Gasteiger charge is 2.10. The SMILES string of the molecule is CCCCN(C)C(=NC)NCCCCN1CCCC1. The van der Waals surface area contributed by atoms with Crippen molar-refractivity contribution in [2.45, 2.75) is 45.4 Å². The quantitative estimate of drug-likeness (QED) is 0.416. The Kier molecular flexibility index (Phi) is 8.63. The van der Waals surface area contributed by atoms with Crippen molar-refractivity contribution in [1.82, 2.24) is 15.1 Å². The first-order chi connectivity index (χ1) is 9.27. The minimum absolute atomic E-state index is 1.04. The predicted octanol–water partition coefficient (Wildman–Crippen LogP) is 2.17. The second-order valence-electron chi connectivity index (χ2n) is 5.50. The van der Waals surface area contributed by atoms with E-state index in [0.29, 0.717) is 0 Å². The summed E-state index contributed by atoms with van der Waals surface area (Å²) in [5.41, 5.74) is 0. The zero-order chi connectivity index (χ0) is 13.9. The molecule has 1 rings (SSSR count). The summed E-state index contributed by atoms with van der Waals surface area (Å²) in [6.07, 6.45) is 7.78. The summed E-state index contributed by atoms with van der Waals surface area (Å²) in [5, 5.41) is 3.46. The van der Waals surface area contributed by atoms with Crippen LogP contribution in [0.5, 0.6) is 0 Å². The summed E-state index contributed by atoms with van der Waals surface area (Å²) in [4.78, 5) is 9.15. The fourth-order valence-electron chi connectivity index (χ4n) is 2.55. The van der Waals surface area contributed by atoms with Gasteiger partial charge < -0.3 is 15.1 Å². The van der Waals surface area contributed by atoms with E-state index in [1.807, 2.05) is 7.05 Å². The zero-order valence-electron chi connectivity index (χ0n) is 13.1. The van der Waals surface area contributed by atoms with Gasteiger partial charge >= 0.3 is 0 Å². The third kappa shape index (κ3) is 6.81. The van der Waals surface area contributed by atoms with Gasteiger partial charge in [-0.2, -0.15) is 0 Å². The van der Waals surface area contributed by atoms with Crippen molar-refractivity contribution in [2.24, 2.45) is 4.99 Å². The largest absolute Gasteiger partial charge is 0.356 e. The Bertz CT molecular complexity index is 247. The van der Waals surface area contributed by atoms with Crippen molar-refractivity contribution in [3.8, 4) is 0 Å². The molecule has 0 aromatic rings. The lowest BCUT2D eigenvalue weighted by atomic mass is 10.3. The number of aliphatic imine (C=N–C) groups is 1. The van der Waals surface area contributed by atoms with Crippen molar-refractivity contribution >= 4 is 5.96 Å². The number of nitrogens with one attached hydrogen (secondary N) is 1. The van der Waals surface area contributed by atoms with Crippen molar-refractivity contribution in [3.05, 3.63) is 0 Å². The highest BCUT2D eigenvalue weighted by atomic mass is 15.3. The Morgan fingerprint density at radius 1 is 1.21 bits per heavy atom. The van der Waals surface area contributed by atoms with Crippen LogP contribution in [0, 0.1) is 0 Å². The molecule has 0 amide bonds. The molecule has 1 saturated heterocycles. The van der Waals surface area contributed by atoms with E-state index in [1.54, 1.807) is 0 Å². The molecule has 4 heteroatoms. The zero-order valence-corrected chi connectivity index (χ0v) is 13.1. The van der Waals surface area contributed by atoms with E-state index in [-0.39, 0.29) is 0 Å². The number of rotatable bonds is 8. The van der Waals surface area contributed by atoms with Gasteiger partial charge in [-0.1, -0.05) is 13.3 Å². The maximum Gasteiger partial charge on any atom is 0.193 e. The molecule has 0 radical (unpaired) electrons. The molecule has 1 aliphatic rings. The van der Waals surface area contributed by atoms with E-state index >= 15 is 0 Å². The maximum atomic E-state index is 4.34. The van der Waals surface area contributed by atoms with Crippen LogP contribution in [0.2, 0.25) is 0 Å². The second-order valence-corrected chi connectivity index (χ2v) is 5.50. The van der Waals surface area contributed by atoms with Crippen LogP contribution < -0.4 is 5.32 Å². The van der Waals surface area contributed by atoms with E-state index in [4.69, 9.17) is 0 Å². The van der Waals surface area contributed by atoms with Gasteiger partial charge in [0, 0.05) is 27.2 Å². The van der Waals surface area contributed by atoms with Crippen molar-refractivity contribution in [3.63, 3.8) is 0 Å². The molecule has 0 saturated carbocycles. The molecule has 1 fully saturated rings. The minimum atomic E-state index is 1.04. The van der Waals surface area contributed by atoms with Crippen LogP contribution in [0.25, 0.3) is 0 Å². The average molecular weight is 268 g/mol. The third-order valence-corrected chi connectivity index (χ3v) is 3.80. The van der Waals surface area contributed by atoms with Crippen LogP contribution in [0.15, 0.2) is 4.99 Å². The molecule has 1 aliphatic heterocycles. The van der Waals surface area contributed by atoms with Gasteiger partial charge in [0.15, 0.2) is 5.96 Å². The molecule has 0 unspecified atom stereocenters. The van der Waals surface area contributed by atoms with Crippen LogP contribution in [0.1, 0.15) is 45.4 Å². The lowest BCUT2D eigenvalue weighted by Crippen LogP contribution is -2.39. The lowest BCUT2D eigenvalue weighted by molar-refractivity contribution is 0.330.